The Bertz CT molecular complexity index is 1330. The van der Waals surface area contributed by atoms with Crippen molar-refractivity contribution in [3.05, 3.63) is 71.8 Å². The number of phenols is 3. The predicted octanol–water partition coefficient (Wildman–Crippen LogP) is 3.29. The summed E-state index contributed by atoms with van der Waals surface area (Å²) in [5.74, 6) is -0.502. The Morgan fingerprint density at radius 3 is 2.42 bits per heavy atom. The standard InChI is InChI=1S/C23H18N4O6/c1-32-20-5-3-2-4-16(20)23-27-26-22(33-23)14-8-6-13(7-9-14)21(31)25-24-12-15-10-18(29)19(30)11-17(15)28/h2-12,28-30H,1H3,(H,25,31)/b24-12+. The second kappa shape index (κ2) is 9.10. The van der Waals surface area contributed by atoms with Crippen molar-refractivity contribution in [3.8, 4) is 45.9 Å². The molecule has 0 saturated heterocycles. The van der Waals surface area contributed by atoms with Gasteiger partial charge in [0, 0.05) is 22.8 Å². The minimum Gasteiger partial charge on any atom is -0.507 e. The average Bonchev–Trinajstić information content (AvgIpc) is 3.32. The van der Waals surface area contributed by atoms with Gasteiger partial charge >= 0.3 is 0 Å². The number of hydrogen-bond acceptors (Lipinski definition) is 9. The van der Waals surface area contributed by atoms with Crippen molar-refractivity contribution in [1.82, 2.24) is 15.6 Å². The molecule has 4 aromatic rings. The number of nitrogens with zero attached hydrogens (tertiary/aromatic N) is 3. The van der Waals surface area contributed by atoms with E-state index in [1.54, 1.807) is 37.4 Å². The van der Waals surface area contributed by atoms with Gasteiger partial charge in [-0.25, -0.2) is 5.43 Å². The number of nitrogens with one attached hydrogen (secondary N) is 1. The summed E-state index contributed by atoms with van der Waals surface area (Å²) in [7, 11) is 1.56. The molecule has 4 N–H and O–H groups in total. The highest BCUT2D eigenvalue weighted by Crippen LogP contribution is 2.32. The van der Waals surface area contributed by atoms with E-state index in [4.69, 9.17) is 9.15 Å². The molecule has 0 saturated carbocycles. The quantitative estimate of drug-likeness (QED) is 0.152. The lowest BCUT2D eigenvalue weighted by molar-refractivity contribution is 0.0955. The Morgan fingerprint density at radius 1 is 0.970 bits per heavy atom. The number of hydrazone groups is 1. The van der Waals surface area contributed by atoms with Gasteiger partial charge in [0.25, 0.3) is 11.8 Å². The SMILES string of the molecule is COc1ccccc1-c1nnc(-c2ccc(C(=O)N/N=C/c3cc(O)c(O)cc3O)cc2)o1. The maximum Gasteiger partial charge on any atom is 0.271 e. The van der Waals surface area contributed by atoms with E-state index in [0.29, 0.717) is 28.3 Å². The number of ether oxygens (including phenoxy) is 1. The van der Waals surface area contributed by atoms with Crippen molar-refractivity contribution < 1.29 is 29.3 Å². The number of carbonyl (C=O) groups excluding carboxylic acids is 1. The molecule has 0 fully saturated rings. The third-order valence-corrected chi connectivity index (χ3v) is 4.65. The van der Waals surface area contributed by atoms with Crippen LogP contribution >= 0.6 is 0 Å². The monoisotopic (exact) mass is 446 g/mol. The molecule has 0 bridgehead atoms. The normalized spacial score (nSPS) is 10.9. The van der Waals surface area contributed by atoms with Gasteiger partial charge in [-0.05, 0) is 42.5 Å². The molecule has 1 heterocycles. The Morgan fingerprint density at radius 2 is 1.67 bits per heavy atom. The van der Waals surface area contributed by atoms with Crippen molar-refractivity contribution in [3.63, 3.8) is 0 Å². The molecular formula is C23H18N4O6. The van der Waals surface area contributed by atoms with Crippen LogP contribution in [0.3, 0.4) is 0 Å². The summed E-state index contributed by atoms with van der Waals surface area (Å²) >= 11 is 0. The number of carbonyl (C=O) groups is 1. The highest BCUT2D eigenvalue weighted by Gasteiger charge is 2.15. The first-order valence-corrected chi connectivity index (χ1v) is 9.62. The van der Waals surface area contributed by atoms with E-state index in [2.05, 4.69) is 20.7 Å². The van der Waals surface area contributed by atoms with Crippen LogP contribution in [0.1, 0.15) is 15.9 Å². The molecule has 0 aliphatic heterocycles. The van der Waals surface area contributed by atoms with Crippen LogP contribution < -0.4 is 10.2 Å². The second-order valence-corrected chi connectivity index (χ2v) is 6.79. The van der Waals surface area contributed by atoms with Crippen molar-refractivity contribution in [2.24, 2.45) is 5.10 Å². The molecule has 0 radical (unpaired) electrons. The molecule has 0 aliphatic carbocycles. The summed E-state index contributed by atoms with van der Waals surface area (Å²) in [6.07, 6.45) is 1.14. The third kappa shape index (κ3) is 4.59. The first-order chi connectivity index (χ1) is 16.0. The van der Waals surface area contributed by atoms with Crippen LogP contribution in [0.2, 0.25) is 0 Å². The van der Waals surface area contributed by atoms with Crippen molar-refractivity contribution >= 4 is 12.1 Å². The van der Waals surface area contributed by atoms with E-state index in [0.717, 1.165) is 18.3 Å². The van der Waals surface area contributed by atoms with E-state index in [9.17, 15) is 20.1 Å². The van der Waals surface area contributed by atoms with Gasteiger partial charge in [-0.3, -0.25) is 4.79 Å². The summed E-state index contributed by atoms with van der Waals surface area (Å²) in [5, 5.41) is 40.4. The second-order valence-electron chi connectivity index (χ2n) is 6.79. The lowest BCUT2D eigenvalue weighted by atomic mass is 10.1. The van der Waals surface area contributed by atoms with Gasteiger partial charge in [-0.2, -0.15) is 5.10 Å². The molecule has 0 spiro atoms. The number of para-hydroxylation sites is 1. The van der Waals surface area contributed by atoms with E-state index in [1.807, 2.05) is 18.2 Å². The van der Waals surface area contributed by atoms with Crippen LogP contribution in [-0.2, 0) is 0 Å². The minimum atomic E-state index is -0.500. The van der Waals surface area contributed by atoms with E-state index in [1.165, 1.54) is 0 Å². The molecule has 0 atom stereocenters. The van der Waals surface area contributed by atoms with Crippen LogP contribution in [0.15, 0.2) is 70.2 Å². The third-order valence-electron chi connectivity index (χ3n) is 4.65. The Kier molecular flexibility index (Phi) is 5.90. The summed E-state index contributed by atoms with van der Waals surface area (Å²) in [6, 6.07) is 15.8. The van der Waals surface area contributed by atoms with Gasteiger partial charge in [0.1, 0.15) is 11.5 Å². The number of aromatic hydroxyl groups is 3. The Labute approximate surface area is 187 Å². The first kappa shape index (κ1) is 21.4. The maximum atomic E-state index is 12.3. The fourth-order valence-corrected chi connectivity index (χ4v) is 2.94. The van der Waals surface area contributed by atoms with Gasteiger partial charge in [0.05, 0.1) is 18.9 Å². The predicted molar refractivity (Wildman–Crippen MR) is 118 cm³/mol. The smallest absolute Gasteiger partial charge is 0.271 e. The molecule has 10 heteroatoms. The molecular weight excluding hydrogens is 428 g/mol. The summed E-state index contributed by atoms with van der Waals surface area (Å²) in [4.78, 5) is 12.3. The fourth-order valence-electron chi connectivity index (χ4n) is 2.94. The molecule has 4 rings (SSSR count). The molecule has 1 amide bonds. The molecule has 1 aromatic heterocycles. The van der Waals surface area contributed by atoms with E-state index >= 15 is 0 Å². The number of phenolic OH excluding ortho intramolecular Hbond substituents is 3. The van der Waals surface area contributed by atoms with Crippen LogP contribution in [-0.4, -0.2) is 44.7 Å². The fraction of sp³-hybridized carbons (Fsp3) is 0.0435. The molecule has 33 heavy (non-hydrogen) atoms. The Balaban J connectivity index is 1.45. The lowest BCUT2D eigenvalue weighted by Crippen LogP contribution is -2.17. The van der Waals surface area contributed by atoms with Gasteiger partial charge in [-0.1, -0.05) is 12.1 Å². The number of amides is 1. The number of aromatic nitrogens is 2. The number of methoxy groups -OCH3 is 1. The summed E-state index contributed by atoms with van der Waals surface area (Å²) in [6.45, 7) is 0. The van der Waals surface area contributed by atoms with Crippen molar-refractivity contribution in [2.75, 3.05) is 7.11 Å². The number of benzene rings is 3. The van der Waals surface area contributed by atoms with Gasteiger partial charge in [0.2, 0.25) is 5.89 Å². The maximum absolute atomic E-state index is 12.3. The highest BCUT2D eigenvalue weighted by molar-refractivity contribution is 5.95. The van der Waals surface area contributed by atoms with Gasteiger partial charge in [0.15, 0.2) is 11.5 Å². The van der Waals surface area contributed by atoms with Gasteiger partial charge in [-0.15, -0.1) is 10.2 Å². The molecule has 166 valence electrons. The molecule has 0 unspecified atom stereocenters. The summed E-state index contributed by atoms with van der Waals surface area (Å²) < 4.78 is 11.1. The largest absolute Gasteiger partial charge is 0.507 e. The van der Waals surface area contributed by atoms with Crippen LogP contribution in [0.4, 0.5) is 0 Å². The van der Waals surface area contributed by atoms with Crippen molar-refractivity contribution in [2.45, 2.75) is 0 Å². The van der Waals surface area contributed by atoms with Crippen LogP contribution in [0.25, 0.3) is 22.9 Å². The zero-order chi connectivity index (χ0) is 23.4. The van der Waals surface area contributed by atoms with E-state index < -0.39 is 17.4 Å². The van der Waals surface area contributed by atoms with Crippen molar-refractivity contribution in [1.29, 1.82) is 0 Å². The molecule has 10 nitrogen and oxygen atoms in total. The Hall–Kier alpha value is -4.86. The summed E-state index contributed by atoms with van der Waals surface area (Å²) in [5.41, 5.74) is 4.03. The molecule has 0 aliphatic rings. The molecule has 3 aromatic carbocycles. The topological polar surface area (TPSA) is 150 Å². The zero-order valence-electron chi connectivity index (χ0n) is 17.3. The van der Waals surface area contributed by atoms with Gasteiger partial charge < -0.3 is 24.5 Å². The van der Waals surface area contributed by atoms with Crippen LogP contribution in [0, 0.1) is 0 Å². The number of hydrogen-bond donors (Lipinski definition) is 4. The van der Waals surface area contributed by atoms with Crippen LogP contribution in [0.5, 0.6) is 23.0 Å². The average molecular weight is 446 g/mol. The zero-order valence-corrected chi connectivity index (χ0v) is 17.3. The highest BCUT2D eigenvalue weighted by atomic mass is 16.5. The number of rotatable bonds is 6. The lowest BCUT2D eigenvalue weighted by Gasteiger charge is -2.04. The first-order valence-electron chi connectivity index (χ1n) is 9.62. The minimum absolute atomic E-state index is 0.114. The van der Waals surface area contributed by atoms with E-state index in [-0.39, 0.29) is 17.2 Å².